The van der Waals surface area contributed by atoms with E-state index in [-0.39, 0.29) is 0 Å². The van der Waals surface area contributed by atoms with Crippen LogP contribution in [0.4, 0.5) is 0 Å². The molecule has 0 spiro atoms. The van der Waals surface area contributed by atoms with Crippen LogP contribution in [0.25, 0.3) is 0 Å². The highest BCUT2D eigenvalue weighted by Gasteiger charge is 1.96. The summed E-state index contributed by atoms with van der Waals surface area (Å²) in [7, 11) is 0. The van der Waals surface area contributed by atoms with Crippen LogP contribution in [0.5, 0.6) is 0 Å². The van der Waals surface area contributed by atoms with Gasteiger partial charge >= 0.3 is 0 Å². The van der Waals surface area contributed by atoms with Gasteiger partial charge in [-0.15, -0.1) is 0 Å². The first-order valence-corrected chi connectivity index (χ1v) is 4.74. The Kier molecular flexibility index (Phi) is 14.9. The van der Waals surface area contributed by atoms with E-state index in [0.29, 0.717) is 0 Å². The number of unbranched alkanes of at least 4 members (excludes halogenated alkanes) is 1. The highest BCUT2D eigenvalue weighted by Crippen LogP contribution is 2.09. The lowest BCUT2D eigenvalue weighted by Gasteiger charge is -2.04. The summed E-state index contributed by atoms with van der Waals surface area (Å²) in [4.78, 5) is 9.87. The fraction of sp³-hybridized carbons (Fsp3) is 0.900. The third kappa shape index (κ3) is 12.8. The van der Waals surface area contributed by atoms with Gasteiger partial charge in [0, 0.05) is 6.42 Å². The Balaban J connectivity index is 0. The standard InChI is InChI=1S/C8H16O.C2H6/c1-3-8(2)6-4-5-7-9;1-2/h7-8H,3-6H2,1-2H3;1-2H3. The topological polar surface area (TPSA) is 17.1 Å². The van der Waals surface area contributed by atoms with Crippen molar-refractivity contribution < 1.29 is 4.79 Å². The zero-order chi connectivity index (χ0) is 9.11. The van der Waals surface area contributed by atoms with Gasteiger partial charge in [0.25, 0.3) is 0 Å². The quantitative estimate of drug-likeness (QED) is 0.442. The number of carbonyl (C=O) groups excluding carboxylic acids is 1. The molecule has 0 aromatic rings. The van der Waals surface area contributed by atoms with E-state index in [1.807, 2.05) is 13.8 Å². The lowest BCUT2D eigenvalue weighted by atomic mass is 10.0. The summed E-state index contributed by atoms with van der Waals surface area (Å²) < 4.78 is 0. The molecule has 68 valence electrons. The predicted octanol–water partition coefficient (Wildman–Crippen LogP) is 3.43. The number of hydrogen-bond donors (Lipinski definition) is 0. The average molecular weight is 158 g/mol. The van der Waals surface area contributed by atoms with Crippen LogP contribution < -0.4 is 0 Å². The van der Waals surface area contributed by atoms with Crippen LogP contribution in [0.15, 0.2) is 0 Å². The van der Waals surface area contributed by atoms with Crippen molar-refractivity contribution in [2.24, 2.45) is 5.92 Å². The van der Waals surface area contributed by atoms with E-state index in [4.69, 9.17) is 0 Å². The van der Waals surface area contributed by atoms with Gasteiger partial charge in [0.05, 0.1) is 0 Å². The smallest absolute Gasteiger partial charge is 0.119 e. The molecule has 0 rings (SSSR count). The second kappa shape index (κ2) is 12.4. The zero-order valence-corrected chi connectivity index (χ0v) is 8.39. The molecule has 0 saturated carbocycles. The average Bonchev–Trinajstić information content (AvgIpc) is 2.08. The first-order valence-electron chi connectivity index (χ1n) is 4.74. The van der Waals surface area contributed by atoms with Crippen molar-refractivity contribution in [3.05, 3.63) is 0 Å². The second-order valence-electron chi connectivity index (χ2n) is 2.61. The molecular formula is C10H22O. The van der Waals surface area contributed by atoms with Crippen molar-refractivity contribution in [1.29, 1.82) is 0 Å². The Hall–Kier alpha value is -0.330. The van der Waals surface area contributed by atoms with Crippen LogP contribution >= 0.6 is 0 Å². The van der Waals surface area contributed by atoms with Crippen LogP contribution in [-0.4, -0.2) is 6.29 Å². The van der Waals surface area contributed by atoms with Gasteiger partial charge < -0.3 is 4.79 Å². The van der Waals surface area contributed by atoms with Crippen molar-refractivity contribution in [1.82, 2.24) is 0 Å². The van der Waals surface area contributed by atoms with Crippen molar-refractivity contribution in [2.45, 2.75) is 53.4 Å². The number of carbonyl (C=O) groups is 1. The Bertz CT molecular complexity index is 69.3. The largest absolute Gasteiger partial charge is 0.303 e. The molecule has 0 bridgehead atoms. The summed E-state index contributed by atoms with van der Waals surface area (Å²) in [5.74, 6) is 0.796. The summed E-state index contributed by atoms with van der Waals surface area (Å²) in [5, 5.41) is 0. The van der Waals surface area contributed by atoms with Crippen LogP contribution in [0.2, 0.25) is 0 Å². The summed E-state index contributed by atoms with van der Waals surface area (Å²) in [6.45, 7) is 8.41. The number of aldehydes is 1. The van der Waals surface area contributed by atoms with E-state index in [1.165, 1.54) is 12.8 Å². The third-order valence-corrected chi connectivity index (χ3v) is 1.72. The van der Waals surface area contributed by atoms with Gasteiger partial charge in [-0.1, -0.05) is 40.5 Å². The molecule has 0 aliphatic carbocycles. The monoisotopic (exact) mass is 158 g/mol. The molecule has 0 N–H and O–H groups in total. The van der Waals surface area contributed by atoms with Crippen LogP contribution in [0.1, 0.15) is 53.4 Å². The first-order chi connectivity index (χ1) is 5.31. The Labute approximate surface area is 71.2 Å². The Morgan fingerprint density at radius 2 is 1.91 bits per heavy atom. The molecule has 1 unspecified atom stereocenters. The van der Waals surface area contributed by atoms with Crippen molar-refractivity contribution >= 4 is 6.29 Å². The van der Waals surface area contributed by atoms with E-state index in [0.717, 1.165) is 25.0 Å². The highest BCUT2D eigenvalue weighted by molar-refractivity contribution is 5.48. The molecule has 0 aromatic heterocycles. The Morgan fingerprint density at radius 3 is 2.27 bits per heavy atom. The molecule has 0 saturated heterocycles. The van der Waals surface area contributed by atoms with Crippen LogP contribution in [0.3, 0.4) is 0 Å². The lowest BCUT2D eigenvalue weighted by Crippen LogP contribution is -1.91. The van der Waals surface area contributed by atoms with E-state index < -0.39 is 0 Å². The molecule has 0 fully saturated rings. The molecule has 0 radical (unpaired) electrons. The fourth-order valence-corrected chi connectivity index (χ4v) is 0.754. The minimum atomic E-state index is 0.740. The summed E-state index contributed by atoms with van der Waals surface area (Å²) in [5.41, 5.74) is 0. The SMILES string of the molecule is CC.CCC(C)CCCC=O. The number of rotatable bonds is 5. The minimum absolute atomic E-state index is 0.740. The molecule has 1 atom stereocenters. The molecule has 1 heteroatoms. The van der Waals surface area contributed by atoms with Crippen LogP contribution in [0, 0.1) is 5.92 Å². The summed E-state index contributed by atoms with van der Waals surface area (Å²) in [6, 6.07) is 0. The molecule has 0 aliphatic heterocycles. The highest BCUT2D eigenvalue weighted by atomic mass is 16.1. The van der Waals surface area contributed by atoms with Crippen molar-refractivity contribution in [2.75, 3.05) is 0 Å². The molecular weight excluding hydrogens is 136 g/mol. The number of hydrogen-bond acceptors (Lipinski definition) is 1. The second-order valence-corrected chi connectivity index (χ2v) is 2.61. The van der Waals surface area contributed by atoms with Gasteiger partial charge in [-0.25, -0.2) is 0 Å². The maximum absolute atomic E-state index is 9.87. The first kappa shape index (κ1) is 13.3. The molecule has 0 amide bonds. The van der Waals surface area contributed by atoms with E-state index in [9.17, 15) is 4.79 Å². The van der Waals surface area contributed by atoms with Gasteiger partial charge in [0.2, 0.25) is 0 Å². The minimum Gasteiger partial charge on any atom is -0.303 e. The van der Waals surface area contributed by atoms with Crippen LogP contribution in [-0.2, 0) is 4.79 Å². The zero-order valence-electron chi connectivity index (χ0n) is 8.39. The molecule has 0 aromatic carbocycles. The third-order valence-electron chi connectivity index (χ3n) is 1.72. The van der Waals surface area contributed by atoms with E-state index in [2.05, 4.69) is 13.8 Å². The molecule has 1 nitrogen and oxygen atoms in total. The van der Waals surface area contributed by atoms with Gasteiger partial charge in [0.1, 0.15) is 6.29 Å². The maximum Gasteiger partial charge on any atom is 0.119 e. The Morgan fingerprint density at radius 1 is 1.36 bits per heavy atom. The van der Waals surface area contributed by atoms with Crippen molar-refractivity contribution in [3.63, 3.8) is 0 Å². The van der Waals surface area contributed by atoms with E-state index >= 15 is 0 Å². The summed E-state index contributed by atoms with van der Waals surface area (Å²) in [6.07, 6.45) is 5.25. The van der Waals surface area contributed by atoms with E-state index in [1.54, 1.807) is 0 Å². The molecule has 0 aliphatic rings. The summed E-state index contributed by atoms with van der Waals surface area (Å²) >= 11 is 0. The van der Waals surface area contributed by atoms with Gasteiger partial charge in [-0.05, 0) is 12.3 Å². The van der Waals surface area contributed by atoms with Gasteiger partial charge in [-0.3, -0.25) is 0 Å². The molecule has 11 heavy (non-hydrogen) atoms. The maximum atomic E-state index is 9.87. The van der Waals surface area contributed by atoms with Crippen molar-refractivity contribution in [3.8, 4) is 0 Å². The normalized spacial score (nSPS) is 11.3. The lowest BCUT2D eigenvalue weighted by molar-refractivity contribution is -0.107. The molecule has 0 heterocycles. The van der Waals surface area contributed by atoms with Gasteiger partial charge in [-0.2, -0.15) is 0 Å². The van der Waals surface area contributed by atoms with Gasteiger partial charge in [0.15, 0.2) is 0 Å². The fourth-order valence-electron chi connectivity index (χ4n) is 0.754. The predicted molar refractivity (Wildman–Crippen MR) is 50.7 cm³/mol.